The molecule has 1 aliphatic rings. The molecule has 1 aliphatic carbocycles. The standard InChI is InChI=1S/C15H17BrN2S/c1-9-8-11(6-7-12(9)16)13-14(17)19-15(18-13)10-4-2-3-5-10/h6-8,10H,2-5,17H2,1H3. The molecule has 0 amide bonds. The molecule has 2 N–H and O–H groups in total. The van der Waals surface area contributed by atoms with Crippen LogP contribution in [0.1, 0.15) is 42.2 Å². The third kappa shape index (κ3) is 2.56. The number of hydrogen-bond donors (Lipinski definition) is 1. The van der Waals surface area contributed by atoms with Crippen molar-refractivity contribution in [1.82, 2.24) is 4.98 Å². The van der Waals surface area contributed by atoms with Gasteiger partial charge in [0.1, 0.15) is 10.7 Å². The molecule has 2 nitrogen and oxygen atoms in total. The van der Waals surface area contributed by atoms with Crippen LogP contribution in [0.2, 0.25) is 0 Å². The van der Waals surface area contributed by atoms with E-state index in [1.807, 2.05) is 0 Å². The Kier molecular flexibility index (Phi) is 3.63. The Labute approximate surface area is 126 Å². The molecular formula is C15H17BrN2S. The first-order valence-electron chi connectivity index (χ1n) is 6.68. The number of nitrogen functional groups attached to an aromatic ring is 1. The van der Waals surface area contributed by atoms with Gasteiger partial charge in [0.25, 0.3) is 0 Å². The number of rotatable bonds is 2. The van der Waals surface area contributed by atoms with E-state index in [0.29, 0.717) is 5.92 Å². The van der Waals surface area contributed by atoms with E-state index in [1.165, 1.54) is 36.3 Å². The van der Waals surface area contributed by atoms with Crippen molar-refractivity contribution >= 4 is 32.3 Å². The van der Waals surface area contributed by atoms with E-state index in [9.17, 15) is 0 Å². The number of hydrogen-bond acceptors (Lipinski definition) is 3. The summed E-state index contributed by atoms with van der Waals surface area (Å²) < 4.78 is 1.13. The van der Waals surface area contributed by atoms with Gasteiger partial charge in [-0.05, 0) is 37.5 Å². The Hall–Kier alpha value is -0.870. The van der Waals surface area contributed by atoms with Crippen LogP contribution >= 0.6 is 27.3 Å². The van der Waals surface area contributed by atoms with E-state index in [0.717, 1.165) is 20.7 Å². The van der Waals surface area contributed by atoms with Crippen LogP contribution in [-0.4, -0.2) is 4.98 Å². The number of nitrogens with two attached hydrogens (primary N) is 1. The van der Waals surface area contributed by atoms with Crippen LogP contribution in [0.15, 0.2) is 22.7 Å². The molecule has 0 spiro atoms. The smallest absolute Gasteiger partial charge is 0.114 e. The Morgan fingerprint density at radius 2 is 2.05 bits per heavy atom. The first-order valence-corrected chi connectivity index (χ1v) is 8.29. The predicted octanol–water partition coefficient (Wildman–Crippen LogP) is 5.12. The molecule has 3 rings (SSSR count). The van der Waals surface area contributed by atoms with E-state index < -0.39 is 0 Å². The topological polar surface area (TPSA) is 38.9 Å². The van der Waals surface area contributed by atoms with Gasteiger partial charge >= 0.3 is 0 Å². The number of halogens is 1. The Balaban J connectivity index is 1.97. The van der Waals surface area contributed by atoms with E-state index in [4.69, 9.17) is 10.7 Å². The van der Waals surface area contributed by atoms with Crippen LogP contribution in [0.25, 0.3) is 11.3 Å². The summed E-state index contributed by atoms with van der Waals surface area (Å²) in [5, 5.41) is 2.08. The number of aromatic nitrogens is 1. The van der Waals surface area contributed by atoms with Crippen LogP contribution < -0.4 is 5.73 Å². The molecule has 0 unspecified atom stereocenters. The summed E-state index contributed by atoms with van der Waals surface area (Å²) in [5.74, 6) is 0.637. The molecule has 0 atom stereocenters. The lowest BCUT2D eigenvalue weighted by molar-refractivity contribution is 0.717. The molecule has 0 radical (unpaired) electrons. The summed E-state index contributed by atoms with van der Waals surface area (Å²) in [6.07, 6.45) is 5.20. The SMILES string of the molecule is Cc1cc(-c2nc(C3CCCC3)sc2N)ccc1Br. The van der Waals surface area contributed by atoms with Crippen LogP contribution in [0.4, 0.5) is 5.00 Å². The number of thiazole rings is 1. The van der Waals surface area contributed by atoms with Gasteiger partial charge in [0.2, 0.25) is 0 Å². The summed E-state index contributed by atoms with van der Waals surface area (Å²) in [6, 6.07) is 6.30. The van der Waals surface area contributed by atoms with Crippen LogP contribution in [0.5, 0.6) is 0 Å². The molecule has 19 heavy (non-hydrogen) atoms. The van der Waals surface area contributed by atoms with Crippen molar-refractivity contribution in [3.8, 4) is 11.3 Å². The zero-order valence-electron chi connectivity index (χ0n) is 10.9. The van der Waals surface area contributed by atoms with Gasteiger partial charge in [0.05, 0.1) is 5.01 Å². The average Bonchev–Trinajstić information content (AvgIpc) is 3.01. The van der Waals surface area contributed by atoms with Gasteiger partial charge < -0.3 is 5.73 Å². The van der Waals surface area contributed by atoms with E-state index in [2.05, 4.69) is 41.1 Å². The highest BCUT2D eigenvalue weighted by molar-refractivity contribution is 9.10. The third-order valence-electron chi connectivity index (χ3n) is 3.81. The van der Waals surface area contributed by atoms with Gasteiger partial charge in [-0.2, -0.15) is 0 Å². The second-order valence-corrected chi connectivity index (χ2v) is 7.13. The fourth-order valence-corrected chi connectivity index (χ4v) is 3.97. The molecule has 1 aromatic heterocycles. The maximum atomic E-state index is 6.17. The normalized spacial score (nSPS) is 16.1. The van der Waals surface area contributed by atoms with Gasteiger partial charge in [0.15, 0.2) is 0 Å². The molecule has 100 valence electrons. The molecule has 4 heteroatoms. The largest absolute Gasteiger partial charge is 0.389 e. The summed E-state index contributed by atoms with van der Waals surface area (Å²) >= 11 is 5.20. The maximum absolute atomic E-state index is 6.17. The van der Waals surface area contributed by atoms with Gasteiger partial charge in [-0.3, -0.25) is 0 Å². The first-order chi connectivity index (χ1) is 9.15. The van der Waals surface area contributed by atoms with Gasteiger partial charge in [0, 0.05) is 16.0 Å². The molecule has 0 saturated heterocycles. The third-order valence-corrected chi connectivity index (χ3v) is 5.74. The number of anilines is 1. The molecular weight excluding hydrogens is 320 g/mol. The number of benzene rings is 1. The maximum Gasteiger partial charge on any atom is 0.114 e. The van der Waals surface area contributed by atoms with E-state index in [-0.39, 0.29) is 0 Å². The lowest BCUT2D eigenvalue weighted by Crippen LogP contribution is -1.91. The minimum absolute atomic E-state index is 0.637. The summed E-state index contributed by atoms with van der Waals surface area (Å²) in [4.78, 5) is 4.81. The quantitative estimate of drug-likeness (QED) is 0.826. The lowest BCUT2D eigenvalue weighted by atomic mass is 10.1. The van der Waals surface area contributed by atoms with E-state index >= 15 is 0 Å². The van der Waals surface area contributed by atoms with Gasteiger partial charge in [-0.25, -0.2) is 4.98 Å². The molecule has 1 saturated carbocycles. The van der Waals surface area contributed by atoms with Crippen molar-refractivity contribution in [2.75, 3.05) is 5.73 Å². The minimum Gasteiger partial charge on any atom is -0.389 e. The van der Waals surface area contributed by atoms with Crippen molar-refractivity contribution < 1.29 is 0 Å². The first kappa shape index (κ1) is 13.1. The summed E-state index contributed by atoms with van der Waals surface area (Å²) in [7, 11) is 0. The second kappa shape index (κ2) is 5.25. The molecule has 1 aromatic carbocycles. The van der Waals surface area contributed by atoms with Crippen molar-refractivity contribution in [1.29, 1.82) is 0 Å². The van der Waals surface area contributed by atoms with Gasteiger partial charge in [-0.15, -0.1) is 11.3 Å². The monoisotopic (exact) mass is 336 g/mol. The highest BCUT2D eigenvalue weighted by Crippen LogP contribution is 2.41. The van der Waals surface area contributed by atoms with Crippen molar-refractivity contribution in [3.05, 3.63) is 33.2 Å². The fraction of sp³-hybridized carbons (Fsp3) is 0.400. The molecule has 1 fully saturated rings. The van der Waals surface area contributed by atoms with Crippen molar-refractivity contribution in [2.24, 2.45) is 0 Å². The Morgan fingerprint density at radius 3 is 2.74 bits per heavy atom. The number of nitrogens with zero attached hydrogens (tertiary/aromatic N) is 1. The van der Waals surface area contributed by atoms with Crippen molar-refractivity contribution in [3.63, 3.8) is 0 Å². The summed E-state index contributed by atoms with van der Waals surface area (Å²) in [5.41, 5.74) is 9.47. The average molecular weight is 337 g/mol. The summed E-state index contributed by atoms with van der Waals surface area (Å²) in [6.45, 7) is 2.09. The lowest BCUT2D eigenvalue weighted by Gasteiger charge is -2.04. The Morgan fingerprint density at radius 1 is 1.32 bits per heavy atom. The molecule has 0 aliphatic heterocycles. The van der Waals surface area contributed by atoms with Crippen molar-refractivity contribution in [2.45, 2.75) is 38.5 Å². The minimum atomic E-state index is 0.637. The molecule has 2 aromatic rings. The molecule has 0 bridgehead atoms. The molecule has 1 heterocycles. The Bertz CT molecular complexity index is 600. The van der Waals surface area contributed by atoms with Gasteiger partial charge in [-0.1, -0.05) is 34.8 Å². The zero-order chi connectivity index (χ0) is 13.4. The van der Waals surface area contributed by atoms with Crippen LogP contribution in [0.3, 0.4) is 0 Å². The van der Waals surface area contributed by atoms with Crippen LogP contribution in [-0.2, 0) is 0 Å². The van der Waals surface area contributed by atoms with Crippen LogP contribution in [0, 0.1) is 6.92 Å². The fourth-order valence-electron chi connectivity index (χ4n) is 2.70. The van der Waals surface area contributed by atoms with E-state index in [1.54, 1.807) is 11.3 Å². The number of aryl methyl sites for hydroxylation is 1. The zero-order valence-corrected chi connectivity index (χ0v) is 13.4. The predicted molar refractivity (Wildman–Crippen MR) is 85.6 cm³/mol. The highest BCUT2D eigenvalue weighted by Gasteiger charge is 2.22. The second-order valence-electron chi connectivity index (χ2n) is 5.21. The highest BCUT2D eigenvalue weighted by atomic mass is 79.9.